The average molecular weight is 270 g/mol. The van der Waals surface area contributed by atoms with E-state index in [1.165, 1.54) is 4.31 Å². The zero-order valence-corrected chi connectivity index (χ0v) is 12.2. The molecule has 0 aliphatic heterocycles. The van der Waals surface area contributed by atoms with Crippen molar-refractivity contribution in [2.75, 3.05) is 12.8 Å². The number of anilines is 1. The quantitative estimate of drug-likeness (QED) is 0.833. The van der Waals surface area contributed by atoms with E-state index < -0.39 is 10.0 Å². The van der Waals surface area contributed by atoms with Gasteiger partial charge >= 0.3 is 0 Å². The van der Waals surface area contributed by atoms with E-state index in [9.17, 15) is 8.42 Å². The van der Waals surface area contributed by atoms with Crippen molar-refractivity contribution in [3.8, 4) is 0 Å². The Labute approximate surface area is 110 Å². The van der Waals surface area contributed by atoms with Gasteiger partial charge in [-0.25, -0.2) is 12.7 Å². The van der Waals surface area contributed by atoms with Crippen LogP contribution in [0.3, 0.4) is 0 Å². The summed E-state index contributed by atoms with van der Waals surface area (Å²) in [7, 11) is -1.64. The summed E-state index contributed by atoms with van der Waals surface area (Å²) in [5, 5.41) is 0. The first-order valence-corrected chi connectivity index (χ1v) is 7.65. The van der Waals surface area contributed by atoms with Crippen molar-refractivity contribution in [1.29, 1.82) is 0 Å². The lowest BCUT2D eigenvalue weighted by molar-refractivity contribution is 0.315. The van der Waals surface area contributed by atoms with Crippen LogP contribution >= 0.6 is 0 Å². The lowest BCUT2D eigenvalue weighted by Gasteiger charge is -2.27. The average Bonchev–Trinajstić information content (AvgIpc) is 2.29. The monoisotopic (exact) mass is 270 g/mol. The summed E-state index contributed by atoms with van der Waals surface area (Å²) in [5.74, 6) is 0.303. The van der Waals surface area contributed by atoms with Gasteiger partial charge < -0.3 is 5.73 Å². The first-order valence-electron chi connectivity index (χ1n) is 6.04. The van der Waals surface area contributed by atoms with Gasteiger partial charge in [-0.15, -0.1) is 0 Å². The van der Waals surface area contributed by atoms with Crippen molar-refractivity contribution < 1.29 is 8.42 Å². The molecule has 0 aliphatic carbocycles. The topological polar surface area (TPSA) is 63.4 Å². The zero-order chi connectivity index (χ0) is 13.9. The number of benzene rings is 1. The second-order valence-electron chi connectivity index (χ2n) is 5.00. The fraction of sp³-hybridized carbons (Fsp3) is 0.538. The third-order valence-corrected chi connectivity index (χ3v) is 5.21. The van der Waals surface area contributed by atoms with Crippen LogP contribution in [-0.2, 0) is 15.8 Å². The molecule has 0 heterocycles. The molecule has 0 aromatic heterocycles. The van der Waals surface area contributed by atoms with Crippen LogP contribution in [0, 0.1) is 5.92 Å². The Morgan fingerprint density at radius 2 is 1.67 bits per heavy atom. The standard InChI is InChI=1S/C13H22N2O2S/c1-10(2)11(3)15(4)18(16,17)9-12-5-7-13(14)8-6-12/h5-8,10-11H,9,14H2,1-4H3. The molecular formula is C13H22N2O2S. The highest BCUT2D eigenvalue weighted by molar-refractivity contribution is 7.88. The maximum absolute atomic E-state index is 12.2. The fourth-order valence-electron chi connectivity index (χ4n) is 1.60. The summed E-state index contributed by atoms with van der Waals surface area (Å²) >= 11 is 0. The van der Waals surface area contributed by atoms with Crippen molar-refractivity contribution in [2.24, 2.45) is 5.92 Å². The molecule has 0 bridgehead atoms. The smallest absolute Gasteiger partial charge is 0.218 e. The van der Waals surface area contributed by atoms with Crippen molar-refractivity contribution in [2.45, 2.75) is 32.6 Å². The largest absolute Gasteiger partial charge is 0.399 e. The normalized spacial score (nSPS) is 14.1. The van der Waals surface area contributed by atoms with Crippen molar-refractivity contribution in [1.82, 2.24) is 4.31 Å². The molecule has 18 heavy (non-hydrogen) atoms. The number of nitrogens with two attached hydrogens (primary N) is 1. The highest BCUT2D eigenvalue weighted by atomic mass is 32.2. The molecule has 0 amide bonds. The maximum Gasteiger partial charge on any atom is 0.218 e. The lowest BCUT2D eigenvalue weighted by atomic mass is 10.1. The summed E-state index contributed by atoms with van der Waals surface area (Å²) in [6, 6.07) is 6.93. The predicted molar refractivity (Wildman–Crippen MR) is 75.5 cm³/mol. The van der Waals surface area contributed by atoms with E-state index in [0.29, 0.717) is 5.69 Å². The summed E-state index contributed by atoms with van der Waals surface area (Å²) in [4.78, 5) is 0. The summed E-state index contributed by atoms with van der Waals surface area (Å²) in [6.07, 6.45) is 0. The molecule has 0 fully saturated rings. The first kappa shape index (κ1) is 15.0. The summed E-state index contributed by atoms with van der Waals surface area (Å²) in [6.45, 7) is 5.95. The highest BCUT2D eigenvalue weighted by Gasteiger charge is 2.25. The Balaban J connectivity index is 2.85. The third-order valence-electron chi connectivity index (χ3n) is 3.31. The van der Waals surface area contributed by atoms with Crippen LogP contribution in [0.1, 0.15) is 26.3 Å². The Hall–Kier alpha value is -1.07. The fourth-order valence-corrected chi connectivity index (χ4v) is 3.17. The van der Waals surface area contributed by atoms with Gasteiger partial charge in [0.15, 0.2) is 0 Å². The molecular weight excluding hydrogens is 248 g/mol. The minimum atomic E-state index is -3.28. The molecule has 0 saturated heterocycles. The highest BCUT2D eigenvalue weighted by Crippen LogP contribution is 2.17. The van der Waals surface area contributed by atoms with Crippen LogP contribution < -0.4 is 5.73 Å². The van der Waals surface area contributed by atoms with E-state index in [-0.39, 0.29) is 17.7 Å². The number of nitrogens with zero attached hydrogens (tertiary/aromatic N) is 1. The van der Waals surface area contributed by atoms with Crippen LogP contribution in [0.15, 0.2) is 24.3 Å². The number of hydrogen-bond donors (Lipinski definition) is 1. The number of sulfonamides is 1. The SMILES string of the molecule is CC(C)C(C)N(C)S(=O)(=O)Cc1ccc(N)cc1. The van der Waals surface area contributed by atoms with Gasteiger partial charge in [0.05, 0.1) is 5.75 Å². The molecule has 1 atom stereocenters. The van der Waals surface area contributed by atoms with Crippen molar-refractivity contribution in [3.05, 3.63) is 29.8 Å². The molecule has 1 rings (SSSR count). The molecule has 2 N–H and O–H groups in total. The van der Waals surface area contributed by atoms with Crippen molar-refractivity contribution in [3.63, 3.8) is 0 Å². The van der Waals surface area contributed by atoms with Gasteiger partial charge in [-0.05, 0) is 30.5 Å². The summed E-state index contributed by atoms with van der Waals surface area (Å²) < 4.78 is 25.9. The van der Waals surface area contributed by atoms with Crippen LogP contribution in [0.5, 0.6) is 0 Å². The van der Waals surface area contributed by atoms with Gasteiger partial charge in [-0.2, -0.15) is 0 Å². The molecule has 0 spiro atoms. The second kappa shape index (κ2) is 5.71. The number of nitrogen functional groups attached to an aromatic ring is 1. The molecule has 1 aromatic carbocycles. The minimum absolute atomic E-state index is 0.0104. The van der Waals surface area contributed by atoms with Gasteiger partial charge in [0.2, 0.25) is 10.0 Å². The zero-order valence-electron chi connectivity index (χ0n) is 11.4. The van der Waals surface area contributed by atoms with Crippen molar-refractivity contribution >= 4 is 15.7 Å². The molecule has 5 heteroatoms. The van der Waals surface area contributed by atoms with E-state index in [1.807, 2.05) is 20.8 Å². The predicted octanol–water partition coefficient (Wildman–Crippen LogP) is 2.07. The lowest BCUT2D eigenvalue weighted by Crippen LogP contribution is -2.38. The number of rotatable bonds is 5. The molecule has 1 unspecified atom stereocenters. The molecule has 0 radical (unpaired) electrons. The Bertz CT molecular complexity index is 480. The van der Waals surface area contributed by atoms with E-state index in [4.69, 9.17) is 5.73 Å². The van der Waals surface area contributed by atoms with Crippen LogP contribution in [0.2, 0.25) is 0 Å². The van der Waals surface area contributed by atoms with E-state index >= 15 is 0 Å². The Morgan fingerprint density at radius 3 is 2.11 bits per heavy atom. The van der Waals surface area contributed by atoms with Crippen LogP contribution in [0.4, 0.5) is 5.69 Å². The molecule has 0 saturated carbocycles. The van der Waals surface area contributed by atoms with E-state index in [1.54, 1.807) is 31.3 Å². The molecule has 1 aromatic rings. The maximum atomic E-state index is 12.2. The Morgan fingerprint density at radius 1 is 1.17 bits per heavy atom. The van der Waals surface area contributed by atoms with Crippen LogP contribution in [0.25, 0.3) is 0 Å². The van der Waals surface area contributed by atoms with E-state index in [2.05, 4.69) is 0 Å². The minimum Gasteiger partial charge on any atom is -0.399 e. The van der Waals surface area contributed by atoms with Gasteiger partial charge in [-0.3, -0.25) is 0 Å². The summed E-state index contributed by atoms with van der Waals surface area (Å²) in [5.41, 5.74) is 6.97. The van der Waals surface area contributed by atoms with Gasteiger partial charge in [-0.1, -0.05) is 26.0 Å². The second-order valence-corrected chi connectivity index (χ2v) is 7.03. The van der Waals surface area contributed by atoms with Gasteiger partial charge in [0.25, 0.3) is 0 Å². The van der Waals surface area contributed by atoms with Gasteiger partial charge in [0.1, 0.15) is 0 Å². The third kappa shape index (κ3) is 3.71. The first-order chi connectivity index (χ1) is 8.24. The molecule has 4 nitrogen and oxygen atoms in total. The molecule has 0 aliphatic rings. The Kier molecular flexibility index (Phi) is 4.76. The van der Waals surface area contributed by atoms with E-state index in [0.717, 1.165) is 5.56 Å². The molecule has 102 valence electrons. The van der Waals surface area contributed by atoms with Gasteiger partial charge in [0, 0.05) is 18.8 Å². The van der Waals surface area contributed by atoms with Crippen LogP contribution in [-0.4, -0.2) is 25.8 Å². The number of hydrogen-bond acceptors (Lipinski definition) is 3.